The molecule has 1 saturated heterocycles. The van der Waals surface area contributed by atoms with Crippen molar-refractivity contribution in [2.75, 3.05) is 26.3 Å². The van der Waals surface area contributed by atoms with Crippen molar-refractivity contribution in [1.82, 2.24) is 14.9 Å². The van der Waals surface area contributed by atoms with Gasteiger partial charge in [-0.05, 0) is 37.1 Å². The first kappa shape index (κ1) is 23.4. The van der Waals surface area contributed by atoms with Gasteiger partial charge in [0, 0.05) is 37.0 Å². The molecule has 3 atom stereocenters. The van der Waals surface area contributed by atoms with Crippen LogP contribution < -0.4 is 5.73 Å². The van der Waals surface area contributed by atoms with Gasteiger partial charge in [-0.25, -0.2) is 14.2 Å². The zero-order valence-corrected chi connectivity index (χ0v) is 19.7. The van der Waals surface area contributed by atoms with Gasteiger partial charge in [-0.2, -0.15) is 4.39 Å². The van der Waals surface area contributed by atoms with Crippen LogP contribution in [0.25, 0.3) is 16.7 Å². The van der Waals surface area contributed by atoms with E-state index >= 15 is 4.39 Å². The zero-order valence-electron chi connectivity index (χ0n) is 18.9. The van der Waals surface area contributed by atoms with E-state index in [2.05, 4.69) is 19.8 Å². The molecule has 1 saturated carbocycles. The monoisotopic (exact) mass is 496 g/mol. The molecule has 2 aromatic rings. The highest BCUT2D eigenvalue weighted by atomic mass is 32.2. The number of nitrogens with zero attached hydrogens (tertiary/aromatic N) is 5. The molecular weight excluding hydrogens is 474 g/mol. The lowest BCUT2D eigenvalue weighted by Gasteiger charge is -2.36. The fourth-order valence-corrected chi connectivity index (χ4v) is 6.25. The quantitative estimate of drug-likeness (QED) is 0.514. The molecule has 0 bridgehead atoms. The van der Waals surface area contributed by atoms with Crippen LogP contribution in [0.3, 0.4) is 0 Å². The van der Waals surface area contributed by atoms with E-state index in [0.29, 0.717) is 44.0 Å². The molecule has 0 radical (unpaired) electrons. The highest BCUT2D eigenvalue weighted by Gasteiger charge is 2.71. The summed E-state index contributed by atoms with van der Waals surface area (Å²) in [6.07, 6.45) is 4.20. The van der Waals surface area contributed by atoms with Crippen molar-refractivity contribution in [2.24, 2.45) is 16.6 Å². The Bertz CT molecular complexity index is 1290. The van der Waals surface area contributed by atoms with Gasteiger partial charge in [0.1, 0.15) is 10.6 Å². The number of hydrogen-bond donors (Lipinski definition) is 1. The van der Waals surface area contributed by atoms with Crippen LogP contribution in [0.4, 0.5) is 14.5 Å². The van der Waals surface area contributed by atoms with Crippen molar-refractivity contribution in [3.8, 4) is 0 Å². The number of thioether (sulfide) groups is 1. The summed E-state index contributed by atoms with van der Waals surface area (Å²) in [5.74, 6) is -1.72. The van der Waals surface area contributed by atoms with Gasteiger partial charge in [0.25, 0.3) is 0 Å². The van der Waals surface area contributed by atoms with Gasteiger partial charge in [0.05, 0.1) is 31.0 Å². The molecule has 11 heteroatoms. The molecule has 2 fully saturated rings. The van der Waals surface area contributed by atoms with Crippen molar-refractivity contribution in [3.05, 3.63) is 64.8 Å². The summed E-state index contributed by atoms with van der Waals surface area (Å²) in [7, 11) is 0. The van der Waals surface area contributed by atoms with Gasteiger partial charge in [-0.1, -0.05) is 17.8 Å². The number of amidine groups is 1. The van der Waals surface area contributed by atoms with Gasteiger partial charge >= 0.3 is 0 Å². The Morgan fingerprint density at radius 1 is 1.34 bits per heavy atom. The van der Waals surface area contributed by atoms with Crippen LogP contribution in [-0.4, -0.2) is 57.0 Å². The minimum Gasteiger partial charge on any atom is -0.378 e. The van der Waals surface area contributed by atoms with E-state index in [4.69, 9.17) is 17.0 Å². The normalized spacial score (nSPS) is 28.1. The number of hydrogen-bond acceptors (Lipinski definition) is 7. The standard InChI is InChI=1S/C24H22F2N6O2S/c1-23(19-11-24(19,35-22(27)31-23)21(33)32-5-7-34-8-6-32)16-9-14(12-30-20(16)26)10-17(25)18-4-3-15(28-2)13-29-18/h3-4,9-10,12-13,19H,5-8,11H2,1H3,(H2,27,31)/b17-10-/t19-,23+,24-/m0/s1. The maximum atomic E-state index is 15.0. The average Bonchev–Trinajstić information content (AvgIpc) is 3.62. The first-order valence-electron chi connectivity index (χ1n) is 11.1. The Balaban J connectivity index is 1.47. The van der Waals surface area contributed by atoms with E-state index in [1.807, 2.05) is 0 Å². The van der Waals surface area contributed by atoms with Crippen LogP contribution in [0, 0.1) is 18.4 Å². The first-order chi connectivity index (χ1) is 16.8. The topological polar surface area (TPSA) is 98.1 Å². The van der Waals surface area contributed by atoms with E-state index in [0.717, 1.165) is 0 Å². The molecule has 4 heterocycles. The van der Waals surface area contributed by atoms with Crippen molar-refractivity contribution in [2.45, 2.75) is 23.6 Å². The number of morpholine rings is 1. The van der Waals surface area contributed by atoms with Gasteiger partial charge < -0.3 is 15.4 Å². The summed E-state index contributed by atoms with van der Waals surface area (Å²) >= 11 is 1.23. The Morgan fingerprint density at radius 2 is 2.11 bits per heavy atom. The number of nitrogens with two attached hydrogens (primary N) is 1. The van der Waals surface area contributed by atoms with E-state index in [-0.39, 0.29) is 28.3 Å². The lowest BCUT2D eigenvalue weighted by atomic mass is 9.86. The number of halogens is 2. The molecule has 1 amide bonds. The number of rotatable bonds is 4. The second kappa shape index (κ2) is 8.70. The van der Waals surface area contributed by atoms with Crippen LogP contribution in [-0.2, 0) is 15.1 Å². The maximum Gasteiger partial charge on any atom is 0.239 e. The molecule has 0 unspecified atom stereocenters. The Hall–Kier alpha value is -3.36. The summed E-state index contributed by atoms with van der Waals surface area (Å²) in [6, 6.07) is 4.36. The minimum absolute atomic E-state index is 0.0377. The summed E-state index contributed by atoms with van der Waals surface area (Å²) in [6.45, 7) is 10.7. The molecule has 2 aliphatic heterocycles. The van der Waals surface area contributed by atoms with E-state index in [1.165, 1.54) is 48.4 Å². The SMILES string of the molecule is [C-]#[N+]c1ccc(/C(F)=C/c2cnc(F)c([C@@]3(C)N=C(N)S[C@@]4(C(=O)N5CCOCC5)C[C@H]43)c2)nc1. The fraction of sp³-hybridized carbons (Fsp3) is 0.375. The number of ether oxygens (including phenoxy) is 1. The highest BCUT2D eigenvalue weighted by Crippen LogP contribution is 2.66. The molecule has 1 aliphatic carbocycles. The van der Waals surface area contributed by atoms with Crippen LogP contribution in [0.5, 0.6) is 0 Å². The third kappa shape index (κ3) is 4.06. The number of aliphatic imine (C=N–C) groups is 1. The number of amides is 1. The second-order valence-electron chi connectivity index (χ2n) is 8.86. The Morgan fingerprint density at radius 3 is 2.80 bits per heavy atom. The van der Waals surface area contributed by atoms with Crippen LogP contribution in [0.2, 0.25) is 0 Å². The lowest BCUT2D eigenvalue weighted by molar-refractivity contribution is -0.135. The van der Waals surface area contributed by atoms with E-state index in [9.17, 15) is 9.18 Å². The summed E-state index contributed by atoms with van der Waals surface area (Å²) in [5, 5.41) is 0.207. The molecule has 0 spiro atoms. The molecule has 35 heavy (non-hydrogen) atoms. The lowest BCUT2D eigenvalue weighted by Crippen LogP contribution is -2.49. The molecular formula is C24H22F2N6O2S. The molecule has 2 N–H and O–H groups in total. The molecule has 0 aromatic carbocycles. The number of carbonyl (C=O) groups excluding carboxylic acids is 1. The van der Waals surface area contributed by atoms with Crippen LogP contribution in [0.15, 0.2) is 35.6 Å². The third-order valence-corrected chi connectivity index (χ3v) is 7.99. The number of aromatic nitrogens is 2. The molecule has 2 aromatic heterocycles. The predicted molar refractivity (Wildman–Crippen MR) is 128 cm³/mol. The van der Waals surface area contributed by atoms with Crippen LogP contribution >= 0.6 is 11.8 Å². The molecule has 3 aliphatic rings. The number of pyridine rings is 2. The minimum atomic E-state index is -1.13. The third-order valence-electron chi connectivity index (χ3n) is 6.70. The Kier molecular flexibility index (Phi) is 5.81. The van der Waals surface area contributed by atoms with E-state index < -0.39 is 22.1 Å². The summed E-state index contributed by atoms with van der Waals surface area (Å²) in [5.41, 5.74) is 5.83. The van der Waals surface area contributed by atoms with Crippen molar-refractivity contribution in [1.29, 1.82) is 0 Å². The number of fused-ring (bicyclic) bond motifs is 1. The largest absolute Gasteiger partial charge is 0.378 e. The Labute approximate surface area is 205 Å². The van der Waals surface area contributed by atoms with Crippen molar-refractivity contribution < 1.29 is 18.3 Å². The van der Waals surface area contributed by atoms with Crippen molar-refractivity contribution in [3.63, 3.8) is 0 Å². The zero-order chi connectivity index (χ0) is 24.8. The molecule has 180 valence electrons. The highest BCUT2D eigenvalue weighted by molar-refractivity contribution is 8.15. The van der Waals surface area contributed by atoms with Crippen molar-refractivity contribution >= 4 is 40.4 Å². The average molecular weight is 497 g/mol. The maximum absolute atomic E-state index is 15.0. The smallest absolute Gasteiger partial charge is 0.239 e. The van der Waals surface area contributed by atoms with Crippen LogP contribution in [0.1, 0.15) is 30.2 Å². The second-order valence-corrected chi connectivity index (χ2v) is 10.2. The molecule has 8 nitrogen and oxygen atoms in total. The molecule has 5 rings (SSSR count). The van der Waals surface area contributed by atoms with E-state index in [1.54, 1.807) is 11.8 Å². The number of carbonyl (C=O) groups is 1. The fourth-order valence-electron chi connectivity index (χ4n) is 4.80. The van der Waals surface area contributed by atoms with Gasteiger partial charge in [0.15, 0.2) is 5.17 Å². The van der Waals surface area contributed by atoms with Gasteiger partial charge in [0.2, 0.25) is 17.5 Å². The van der Waals surface area contributed by atoms with Gasteiger partial charge in [-0.15, -0.1) is 0 Å². The summed E-state index contributed by atoms with van der Waals surface area (Å²) < 4.78 is 34.4. The van der Waals surface area contributed by atoms with Gasteiger partial charge in [-0.3, -0.25) is 14.8 Å². The summed E-state index contributed by atoms with van der Waals surface area (Å²) in [4.78, 5) is 30.8. The first-order valence-corrected chi connectivity index (χ1v) is 11.9. The predicted octanol–water partition coefficient (Wildman–Crippen LogP) is 3.53.